The first-order chi connectivity index (χ1) is 24.7. The molecule has 3 fully saturated rings. The fourth-order valence-electron chi connectivity index (χ4n) is 7.81. The highest BCUT2D eigenvalue weighted by Crippen LogP contribution is 2.33. The zero-order chi connectivity index (χ0) is 37.2. The number of rotatable bonds is 7. The van der Waals surface area contributed by atoms with Crippen LogP contribution in [0.25, 0.3) is 10.8 Å². The minimum atomic E-state index is -0.597. The zero-order valence-electron chi connectivity index (χ0n) is 31.1. The van der Waals surface area contributed by atoms with Crippen molar-refractivity contribution in [2.45, 2.75) is 65.0 Å². The van der Waals surface area contributed by atoms with Gasteiger partial charge < -0.3 is 24.3 Å². The van der Waals surface area contributed by atoms with E-state index >= 15 is 0 Å². The Balaban J connectivity index is 0.949. The van der Waals surface area contributed by atoms with Gasteiger partial charge in [0.1, 0.15) is 11.4 Å². The van der Waals surface area contributed by atoms with Crippen LogP contribution in [-0.4, -0.2) is 136 Å². The van der Waals surface area contributed by atoms with Gasteiger partial charge in [-0.1, -0.05) is 24.3 Å². The summed E-state index contributed by atoms with van der Waals surface area (Å²) in [5.74, 6) is -0.461. The van der Waals surface area contributed by atoms with E-state index in [0.717, 1.165) is 45.6 Å². The van der Waals surface area contributed by atoms with Crippen LogP contribution < -0.4 is 5.56 Å². The van der Waals surface area contributed by atoms with Gasteiger partial charge in [-0.15, -0.1) is 0 Å². The Morgan fingerprint density at radius 2 is 1.56 bits per heavy atom. The predicted molar refractivity (Wildman–Crippen MR) is 197 cm³/mol. The molecule has 1 N–H and O–H groups in total. The quantitative estimate of drug-likeness (QED) is 0.390. The summed E-state index contributed by atoms with van der Waals surface area (Å²) in [7, 11) is 0. The molecule has 280 valence electrons. The van der Waals surface area contributed by atoms with Gasteiger partial charge in [0, 0.05) is 82.8 Å². The van der Waals surface area contributed by atoms with E-state index in [1.807, 2.05) is 37.8 Å². The van der Waals surface area contributed by atoms with Gasteiger partial charge in [-0.3, -0.25) is 19.3 Å². The monoisotopic (exact) mass is 717 g/mol. The minimum absolute atomic E-state index is 0.0129. The van der Waals surface area contributed by atoms with Crippen LogP contribution in [-0.2, 0) is 16.0 Å². The van der Waals surface area contributed by atoms with Crippen molar-refractivity contribution in [3.63, 3.8) is 0 Å². The van der Waals surface area contributed by atoms with Crippen molar-refractivity contribution in [1.82, 2.24) is 34.7 Å². The lowest BCUT2D eigenvalue weighted by atomic mass is 9.82. The predicted octanol–water partition coefficient (Wildman–Crippen LogP) is 3.98. The summed E-state index contributed by atoms with van der Waals surface area (Å²) in [4.78, 5) is 61.7. The Bertz CT molecular complexity index is 1840. The third-order valence-electron chi connectivity index (χ3n) is 10.6. The molecule has 4 heterocycles. The van der Waals surface area contributed by atoms with Crippen molar-refractivity contribution in [2.75, 3.05) is 72.0 Å². The van der Waals surface area contributed by atoms with E-state index in [2.05, 4.69) is 33.8 Å². The van der Waals surface area contributed by atoms with Gasteiger partial charge in [-0.2, -0.15) is 5.10 Å². The lowest BCUT2D eigenvalue weighted by molar-refractivity contribution is -0.134. The van der Waals surface area contributed by atoms with Crippen molar-refractivity contribution >= 4 is 28.7 Å². The molecule has 13 heteroatoms. The van der Waals surface area contributed by atoms with Crippen LogP contribution in [0, 0.1) is 11.7 Å². The molecule has 3 aliphatic heterocycles. The second-order valence-corrected chi connectivity index (χ2v) is 16.1. The Morgan fingerprint density at radius 3 is 2.23 bits per heavy atom. The molecule has 3 aliphatic rings. The van der Waals surface area contributed by atoms with Crippen LogP contribution in [0.2, 0.25) is 0 Å². The highest BCUT2D eigenvalue weighted by atomic mass is 19.1. The van der Waals surface area contributed by atoms with E-state index in [4.69, 9.17) is 4.74 Å². The number of amides is 3. The number of H-pyrrole nitrogens is 1. The molecule has 3 aromatic rings. The average Bonchev–Trinajstić information content (AvgIpc) is 3.10. The lowest BCUT2D eigenvalue weighted by Gasteiger charge is -2.47. The smallest absolute Gasteiger partial charge is 0.410 e. The molecule has 52 heavy (non-hydrogen) atoms. The molecule has 2 aromatic carbocycles. The Morgan fingerprint density at radius 1 is 0.904 bits per heavy atom. The molecule has 0 radical (unpaired) electrons. The highest BCUT2D eigenvalue weighted by molar-refractivity contribution is 5.95. The fraction of sp³-hybridized carbons (Fsp3) is 0.564. The molecule has 0 saturated carbocycles. The molecule has 3 saturated heterocycles. The molecular weight excluding hydrogens is 665 g/mol. The van der Waals surface area contributed by atoms with Crippen molar-refractivity contribution in [3.05, 3.63) is 75.5 Å². The first-order valence-electron chi connectivity index (χ1n) is 18.4. The topological polar surface area (TPSA) is 122 Å². The number of aromatic amines is 1. The van der Waals surface area contributed by atoms with E-state index < -0.39 is 17.3 Å². The maximum absolute atomic E-state index is 15.0. The van der Waals surface area contributed by atoms with Crippen molar-refractivity contribution in [2.24, 2.45) is 5.92 Å². The maximum atomic E-state index is 15.0. The summed E-state index contributed by atoms with van der Waals surface area (Å²) in [6, 6.07) is 11.7. The van der Waals surface area contributed by atoms with Gasteiger partial charge >= 0.3 is 6.09 Å². The Labute approximate surface area is 304 Å². The molecule has 3 amide bonds. The number of ether oxygens (including phenoxy) is 1. The van der Waals surface area contributed by atoms with Crippen molar-refractivity contribution < 1.29 is 23.5 Å². The van der Waals surface area contributed by atoms with Gasteiger partial charge in [-0.25, -0.2) is 14.3 Å². The number of fused-ring (bicyclic) bond motifs is 1. The van der Waals surface area contributed by atoms with Crippen LogP contribution in [0.5, 0.6) is 0 Å². The molecule has 0 aliphatic carbocycles. The number of likely N-dealkylation sites (tertiary alicyclic amines) is 1. The van der Waals surface area contributed by atoms with Crippen molar-refractivity contribution in [1.29, 1.82) is 0 Å². The van der Waals surface area contributed by atoms with Gasteiger partial charge in [0.05, 0.1) is 23.2 Å². The van der Waals surface area contributed by atoms with Crippen LogP contribution in [0.15, 0.2) is 47.3 Å². The highest BCUT2D eigenvalue weighted by Gasteiger charge is 2.40. The molecule has 1 unspecified atom stereocenters. The summed E-state index contributed by atoms with van der Waals surface area (Å²) in [6.07, 6.45) is 1.94. The number of benzene rings is 2. The number of nitrogens with one attached hydrogen (secondary N) is 1. The molecule has 0 spiro atoms. The summed E-state index contributed by atoms with van der Waals surface area (Å²) >= 11 is 0. The van der Waals surface area contributed by atoms with Gasteiger partial charge in [0.25, 0.3) is 11.5 Å². The van der Waals surface area contributed by atoms with E-state index in [0.29, 0.717) is 73.6 Å². The normalized spacial score (nSPS) is 20.3. The number of aromatic nitrogens is 2. The summed E-state index contributed by atoms with van der Waals surface area (Å²) in [5.41, 5.74) is 0.260. The number of piperazine rings is 2. The first-order valence-corrected chi connectivity index (χ1v) is 18.4. The number of nitrogens with zero attached hydrogens (tertiary/aromatic N) is 6. The average molecular weight is 718 g/mol. The van der Waals surface area contributed by atoms with Crippen LogP contribution in [0.1, 0.15) is 69.1 Å². The number of carbonyl (C=O) groups excluding carboxylic acids is 3. The van der Waals surface area contributed by atoms with E-state index in [9.17, 15) is 23.6 Å². The zero-order valence-corrected chi connectivity index (χ0v) is 31.1. The molecule has 1 atom stereocenters. The molecule has 12 nitrogen and oxygen atoms in total. The lowest BCUT2D eigenvalue weighted by Crippen LogP contribution is -2.57. The molecular formula is C39H52FN7O5. The number of carbonyl (C=O) groups is 3. The largest absolute Gasteiger partial charge is 0.444 e. The molecule has 1 aromatic heterocycles. The van der Waals surface area contributed by atoms with E-state index in [1.54, 1.807) is 34.1 Å². The second kappa shape index (κ2) is 15.3. The number of piperidine rings is 1. The third-order valence-corrected chi connectivity index (χ3v) is 10.6. The van der Waals surface area contributed by atoms with E-state index in [1.165, 1.54) is 6.07 Å². The van der Waals surface area contributed by atoms with Gasteiger partial charge in [0.15, 0.2) is 0 Å². The summed E-state index contributed by atoms with van der Waals surface area (Å²) in [6.45, 7) is 16.8. The van der Waals surface area contributed by atoms with Gasteiger partial charge in [-0.05, 0) is 77.1 Å². The van der Waals surface area contributed by atoms with Gasteiger partial charge in [0.2, 0.25) is 5.91 Å². The maximum Gasteiger partial charge on any atom is 0.410 e. The molecule has 6 rings (SSSR count). The van der Waals surface area contributed by atoms with Crippen LogP contribution in [0.4, 0.5) is 9.18 Å². The Hall–Kier alpha value is -4.36. The van der Waals surface area contributed by atoms with Crippen molar-refractivity contribution in [3.8, 4) is 0 Å². The fourth-order valence-corrected chi connectivity index (χ4v) is 7.81. The van der Waals surface area contributed by atoms with Crippen LogP contribution >= 0.6 is 0 Å². The number of hydrogen-bond acceptors (Lipinski definition) is 8. The number of hydrogen-bond donors (Lipinski definition) is 1. The SMILES string of the molecule is CC(C)(C)OC(=O)N1CCC(CN2CCN(CC(=O)N3CCN(C(=O)c4cc(Cc5n[nH]c(=O)c6ccccc56)ccc4F)CC3)CC2)CC1(C)C. The second-order valence-electron chi connectivity index (χ2n) is 16.1. The molecule has 0 bridgehead atoms. The summed E-state index contributed by atoms with van der Waals surface area (Å²) in [5, 5.41) is 7.98. The Kier molecular flexibility index (Phi) is 11.0. The first kappa shape index (κ1) is 37.4. The third kappa shape index (κ3) is 8.80. The standard InChI is InChI=1S/C39H52FN7O5/c1-38(2,3)52-37(51)47-13-12-28(24-39(47,4)5)25-43-14-16-44(17-15-43)26-34(48)45-18-20-46(21-19-45)36(50)31-22-27(10-11-32(31)40)23-33-29-8-6-7-9-30(29)35(49)42-41-33/h6-11,22,28H,12-21,23-26H2,1-5H3,(H,42,49). The minimum Gasteiger partial charge on any atom is -0.444 e. The van der Waals surface area contributed by atoms with E-state index in [-0.39, 0.29) is 28.7 Å². The van der Waals surface area contributed by atoms with Crippen LogP contribution in [0.3, 0.4) is 0 Å². The number of halogens is 1. The summed E-state index contributed by atoms with van der Waals surface area (Å²) < 4.78 is 20.6.